The zero-order valence-corrected chi connectivity index (χ0v) is 20.5. The van der Waals surface area contributed by atoms with Gasteiger partial charge in [-0.25, -0.2) is 8.42 Å². The first kappa shape index (κ1) is 24.1. The van der Waals surface area contributed by atoms with Crippen LogP contribution < -0.4 is 0 Å². The number of rotatable bonds is 7. The summed E-state index contributed by atoms with van der Waals surface area (Å²) in [4.78, 5) is 20.0. The molecule has 0 radical (unpaired) electrons. The van der Waals surface area contributed by atoms with Crippen LogP contribution in [0.4, 0.5) is 0 Å². The Bertz CT molecular complexity index is 1220. The van der Waals surface area contributed by atoms with Crippen LogP contribution >= 0.6 is 0 Å². The molecule has 1 amide bonds. The highest BCUT2D eigenvalue weighted by molar-refractivity contribution is 7.89. The average Bonchev–Trinajstić information content (AvgIpc) is 2.85. The van der Waals surface area contributed by atoms with Crippen LogP contribution in [0.5, 0.6) is 0 Å². The minimum absolute atomic E-state index is 0.0690. The number of carbonyl (C=O) groups excluding carboxylic acids is 1. The van der Waals surface area contributed by atoms with Crippen LogP contribution in [0.3, 0.4) is 0 Å². The SMILES string of the molecule is Cc1ccc(S(=O)(=O)N2CCC(C(=O)N(Cc3cccnc3)Cc3ccccc3C)CC2)cc1. The molecule has 34 heavy (non-hydrogen) atoms. The van der Waals surface area contributed by atoms with Crippen LogP contribution in [0, 0.1) is 19.8 Å². The first-order chi connectivity index (χ1) is 16.3. The Hall–Kier alpha value is -3.03. The Morgan fingerprint density at radius 1 is 0.971 bits per heavy atom. The molecular formula is C27H31N3O3S. The van der Waals surface area contributed by atoms with Gasteiger partial charge in [-0.05, 0) is 61.6 Å². The second-order valence-electron chi connectivity index (χ2n) is 8.97. The van der Waals surface area contributed by atoms with E-state index in [1.807, 2.05) is 48.2 Å². The predicted molar refractivity (Wildman–Crippen MR) is 132 cm³/mol. The van der Waals surface area contributed by atoms with E-state index in [4.69, 9.17) is 0 Å². The van der Waals surface area contributed by atoms with Crippen molar-refractivity contribution in [1.82, 2.24) is 14.2 Å². The maximum absolute atomic E-state index is 13.6. The van der Waals surface area contributed by atoms with Gasteiger partial charge in [-0.1, -0.05) is 48.0 Å². The molecule has 0 spiro atoms. The summed E-state index contributed by atoms with van der Waals surface area (Å²) in [5.74, 6) is -0.135. The van der Waals surface area contributed by atoms with Gasteiger partial charge in [0.2, 0.25) is 15.9 Å². The molecule has 0 aliphatic carbocycles. The number of benzene rings is 2. The van der Waals surface area contributed by atoms with Gasteiger partial charge < -0.3 is 4.90 Å². The number of carbonyl (C=O) groups is 1. The summed E-state index contributed by atoms with van der Waals surface area (Å²) in [7, 11) is -3.55. The van der Waals surface area contributed by atoms with E-state index in [9.17, 15) is 13.2 Å². The molecule has 0 bridgehead atoms. The quantitative estimate of drug-likeness (QED) is 0.508. The fraction of sp³-hybridized carbons (Fsp3) is 0.333. The predicted octanol–water partition coefficient (Wildman–Crippen LogP) is 4.33. The zero-order chi connectivity index (χ0) is 24.1. The summed E-state index contributed by atoms with van der Waals surface area (Å²) in [6, 6.07) is 18.9. The third-order valence-corrected chi connectivity index (χ3v) is 8.41. The molecule has 1 fully saturated rings. The highest BCUT2D eigenvalue weighted by Crippen LogP contribution is 2.27. The molecule has 1 aliphatic rings. The monoisotopic (exact) mass is 477 g/mol. The van der Waals surface area contributed by atoms with Crippen LogP contribution in [-0.4, -0.2) is 41.6 Å². The number of aromatic nitrogens is 1. The smallest absolute Gasteiger partial charge is 0.243 e. The lowest BCUT2D eigenvalue weighted by Gasteiger charge is -2.34. The molecule has 2 aromatic carbocycles. The van der Waals surface area contributed by atoms with E-state index in [1.165, 1.54) is 4.31 Å². The van der Waals surface area contributed by atoms with E-state index in [0.717, 1.165) is 22.3 Å². The normalized spacial score (nSPS) is 15.2. The third-order valence-electron chi connectivity index (χ3n) is 6.49. The number of hydrogen-bond donors (Lipinski definition) is 0. The lowest BCUT2D eigenvalue weighted by atomic mass is 9.95. The van der Waals surface area contributed by atoms with Crippen molar-refractivity contribution in [2.75, 3.05) is 13.1 Å². The fourth-order valence-electron chi connectivity index (χ4n) is 4.38. The van der Waals surface area contributed by atoms with Crippen LogP contribution in [0.2, 0.25) is 0 Å². The average molecular weight is 478 g/mol. The van der Waals surface area contributed by atoms with Crippen molar-refractivity contribution in [3.63, 3.8) is 0 Å². The highest BCUT2D eigenvalue weighted by Gasteiger charge is 2.34. The Balaban J connectivity index is 1.47. The molecule has 0 atom stereocenters. The first-order valence-corrected chi connectivity index (χ1v) is 13.1. The summed E-state index contributed by atoms with van der Waals surface area (Å²) in [6.45, 7) is 5.67. The molecule has 0 unspecified atom stereocenters. The molecule has 178 valence electrons. The lowest BCUT2D eigenvalue weighted by molar-refractivity contribution is -0.138. The minimum atomic E-state index is -3.55. The van der Waals surface area contributed by atoms with Crippen LogP contribution in [0.25, 0.3) is 0 Å². The largest absolute Gasteiger partial charge is 0.334 e. The van der Waals surface area contributed by atoms with Crippen LogP contribution in [0.1, 0.15) is 35.1 Å². The van der Waals surface area contributed by atoms with Crippen LogP contribution in [0.15, 0.2) is 78.0 Å². The van der Waals surface area contributed by atoms with E-state index in [1.54, 1.807) is 24.5 Å². The summed E-state index contributed by atoms with van der Waals surface area (Å²) < 4.78 is 27.6. The van der Waals surface area contributed by atoms with Gasteiger partial charge in [-0.15, -0.1) is 0 Å². The molecule has 1 aromatic heterocycles. The van der Waals surface area contributed by atoms with Crippen molar-refractivity contribution in [2.45, 2.75) is 44.7 Å². The number of nitrogens with zero attached hydrogens (tertiary/aromatic N) is 3. The molecule has 0 N–H and O–H groups in total. The van der Waals surface area contributed by atoms with Crippen molar-refractivity contribution < 1.29 is 13.2 Å². The molecule has 7 heteroatoms. The van der Waals surface area contributed by atoms with Gasteiger partial charge in [0.05, 0.1) is 4.90 Å². The maximum Gasteiger partial charge on any atom is 0.243 e. The molecule has 6 nitrogen and oxygen atoms in total. The van der Waals surface area contributed by atoms with E-state index < -0.39 is 10.0 Å². The van der Waals surface area contributed by atoms with Gasteiger partial charge in [0, 0.05) is 44.5 Å². The molecule has 3 aromatic rings. The van der Waals surface area contributed by atoms with Gasteiger partial charge in [0.25, 0.3) is 0 Å². The molecule has 4 rings (SSSR count). The van der Waals surface area contributed by atoms with E-state index in [2.05, 4.69) is 24.0 Å². The second-order valence-corrected chi connectivity index (χ2v) is 10.9. The number of sulfonamides is 1. The summed E-state index contributed by atoms with van der Waals surface area (Å²) in [5.41, 5.74) is 4.25. The number of piperidine rings is 1. The second kappa shape index (κ2) is 10.5. The number of aryl methyl sites for hydroxylation is 2. The topological polar surface area (TPSA) is 70.6 Å². The number of pyridine rings is 1. The Morgan fingerprint density at radius 3 is 2.32 bits per heavy atom. The van der Waals surface area contributed by atoms with Crippen LogP contribution in [-0.2, 0) is 27.9 Å². The number of amides is 1. The van der Waals surface area contributed by atoms with Gasteiger partial charge in [0.15, 0.2) is 0 Å². The fourth-order valence-corrected chi connectivity index (χ4v) is 5.85. The van der Waals surface area contributed by atoms with E-state index >= 15 is 0 Å². The Labute approximate surface area is 202 Å². The first-order valence-electron chi connectivity index (χ1n) is 11.6. The standard InChI is InChI=1S/C27H31N3O3S/c1-21-9-11-26(12-10-21)34(32,33)30-16-13-24(14-17-30)27(31)29(19-23-7-5-15-28-18-23)20-25-8-4-3-6-22(25)2/h3-12,15,18,24H,13-14,16-17,19-20H2,1-2H3. The van der Waals surface area contributed by atoms with Crippen molar-refractivity contribution in [3.05, 3.63) is 95.3 Å². The Morgan fingerprint density at radius 2 is 1.68 bits per heavy atom. The van der Waals surface area contributed by atoms with Crippen molar-refractivity contribution >= 4 is 15.9 Å². The van der Waals surface area contributed by atoms with Gasteiger partial charge in [-0.3, -0.25) is 9.78 Å². The van der Waals surface area contributed by atoms with E-state index in [-0.39, 0.29) is 11.8 Å². The lowest BCUT2D eigenvalue weighted by Crippen LogP contribution is -2.44. The van der Waals surface area contributed by atoms with Crippen molar-refractivity contribution in [2.24, 2.45) is 5.92 Å². The molecule has 2 heterocycles. The highest BCUT2D eigenvalue weighted by atomic mass is 32.2. The van der Waals surface area contributed by atoms with Gasteiger partial charge in [-0.2, -0.15) is 4.31 Å². The van der Waals surface area contributed by atoms with E-state index in [0.29, 0.717) is 43.9 Å². The Kier molecular flexibility index (Phi) is 7.44. The molecule has 1 aliphatic heterocycles. The zero-order valence-electron chi connectivity index (χ0n) is 19.7. The third kappa shape index (κ3) is 5.54. The van der Waals surface area contributed by atoms with Crippen molar-refractivity contribution in [1.29, 1.82) is 0 Å². The summed E-state index contributed by atoms with van der Waals surface area (Å²) >= 11 is 0. The molecule has 0 saturated carbocycles. The summed E-state index contributed by atoms with van der Waals surface area (Å²) in [6.07, 6.45) is 4.54. The van der Waals surface area contributed by atoms with Crippen molar-refractivity contribution in [3.8, 4) is 0 Å². The number of hydrogen-bond acceptors (Lipinski definition) is 4. The molecule has 1 saturated heterocycles. The van der Waals surface area contributed by atoms with Gasteiger partial charge >= 0.3 is 0 Å². The summed E-state index contributed by atoms with van der Waals surface area (Å²) in [5, 5.41) is 0. The molecular weight excluding hydrogens is 446 g/mol. The maximum atomic E-state index is 13.6. The van der Waals surface area contributed by atoms with Gasteiger partial charge in [0.1, 0.15) is 0 Å². The minimum Gasteiger partial charge on any atom is -0.334 e.